The van der Waals surface area contributed by atoms with Crippen LogP contribution in [0.3, 0.4) is 0 Å². The lowest BCUT2D eigenvalue weighted by molar-refractivity contribution is -0.140. The molecule has 2 aromatic rings. The number of benzene rings is 2. The molecule has 0 spiro atoms. The van der Waals surface area contributed by atoms with Gasteiger partial charge in [-0.3, -0.25) is 9.59 Å². The fraction of sp³-hybridized carbons (Fsp3) is 0.417. The SMILES string of the molecule is CCCCNC(=O)[C@@H](C)N(Cc1cccc(Cl)c1)C(=O)CCc1ccc(C)cc1. The first kappa shape index (κ1) is 23.0. The first-order valence-electron chi connectivity index (χ1n) is 10.3. The van der Waals surface area contributed by atoms with Crippen LogP contribution in [-0.2, 0) is 22.6 Å². The Kier molecular flexibility index (Phi) is 9.20. The third-order valence-electron chi connectivity index (χ3n) is 4.99. The summed E-state index contributed by atoms with van der Waals surface area (Å²) in [6.07, 6.45) is 2.94. The van der Waals surface area contributed by atoms with Crippen molar-refractivity contribution in [2.45, 2.75) is 59.0 Å². The number of nitrogens with one attached hydrogen (secondary N) is 1. The summed E-state index contributed by atoms with van der Waals surface area (Å²) >= 11 is 6.11. The molecule has 2 rings (SSSR count). The number of aryl methyl sites for hydroxylation is 2. The normalized spacial score (nSPS) is 11.7. The number of nitrogens with zero attached hydrogens (tertiary/aromatic N) is 1. The summed E-state index contributed by atoms with van der Waals surface area (Å²) in [7, 11) is 0. The van der Waals surface area contributed by atoms with Crippen LogP contribution in [-0.4, -0.2) is 29.3 Å². The van der Waals surface area contributed by atoms with E-state index in [0.29, 0.717) is 31.0 Å². The van der Waals surface area contributed by atoms with E-state index in [9.17, 15) is 9.59 Å². The van der Waals surface area contributed by atoms with Crippen molar-refractivity contribution in [3.63, 3.8) is 0 Å². The summed E-state index contributed by atoms with van der Waals surface area (Å²) in [5, 5.41) is 3.56. The van der Waals surface area contributed by atoms with Gasteiger partial charge >= 0.3 is 0 Å². The van der Waals surface area contributed by atoms with Gasteiger partial charge in [0, 0.05) is 24.5 Å². The molecular formula is C24H31ClN2O2. The van der Waals surface area contributed by atoms with Crippen LogP contribution in [0.2, 0.25) is 5.02 Å². The van der Waals surface area contributed by atoms with Crippen LogP contribution < -0.4 is 5.32 Å². The number of unbranched alkanes of at least 4 members (excludes halogenated alkanes) is 1. The Balaban J connectivity index is 2.10. The Bertz CT molecular complexity index is 805. The molecule has 5 heteroatoms. The fourth-order valence-corrected chi connectivity index (χ4v) is 3.31. The van der Waals surface area contributed by atoms with Gasteiger partial charge in [0.15, 0.2) is 0 Å². The van der Waals surface area contributed by atoms with Crippen molar-refractivity contribution < 1.29 is 9.59 Å². The first-order chi connectivity index (χ1) is 13.9. The minimum Gasteiger partial charge on any atom is -0.354 e. The molecule has 1 atom stereocenters. The molecule has 29 heavy (non-hydrogen) atoms. The van der Waals surface area contributed by atoms with E-state index in [0.717, 1.165) is 24.0 Å². The Labute approximate surface area is 179 Å². The lowest BCUT2D eigenvalue weighted by Gasteiger charge is -2.29. The molecule has 4 nitrogen and oxygen atoms in total. The molecule has 0 saturated carbocycles. The molecule has 0 fully saturated rings. The van der Waals surface area contributed by atoms with Gasteiger partial charge in [0.25, 0.3) is 0 Å². The van der Waals surface area contributed by atoms with Gasteiger partial charge in [-0.05, 0) is 49.9 Å². The van der Waals surface area contributed by atoms with Gasteiger partial charge < -0.3 is 10.2 Å². The molecule has 0 aliphatic rings. The zero-order chi connectivity index (χ0) is 21.2. The molecule has 1 N–H and O–H groups in total. The number of rotatable bonds is 10. The Morgan fingerprint density at radius 2 is 1.83 bits per heavy atom. The van der Waals surface area contributed by atoms with Crippen molar-refractivity contribution in [3.05, 3.63) is 70.2 Å². The van der Waals surface area contributed by atoms with Crippen molar-refractivity contribution >= 4 is 23.4 Å². The second kappa shape index (κ2) is 11.6. The second-order valence-corrected chi connectivity index (χ2v) is 7.89. The van der Waals surface area contributed by atoms with Crippen LogP contribution in [0.4, 0.5) is 0 Å². The average molecular weight is 415 g/mol. The van der Waals surface area contributed by atoms with Crippen LogP contribution in [0.15, 0.2) is 48.5 Å². The summed E-state index contributed by atoms with van der Waals surface area (Å²) in [6, 6.07) is 15.1. The fourth-order valence-electron chi connectivity index (χ4n) is 3.10. The van der Waals surface area contributed by atoms with E-state index in [1.165, 1.54) is 5.56 Å². The van der Waals surface area contributed by atoms with Crippen molar-refractivity contribution in [1.82, 2.24) is 10.2 Å². The molecule has 2 aromatic carbocycles. The van der Waals surface area contributed by atoms with Crippen LogP contribution in [0, 0.1) is 6.92 Å². The standard InChI is InChI=1S/C24H31ClN2O2/c1-4-5-15-26-24(29)19(3)27(17-21-7-6-8-22(25)16-21)23(28)14-13-20-11-9-18(2)10-12-20/h6-12,16,19H,4-5,13-15,17H2,1-3H3,(H,26,29)/t19-/m1/s1. The maximum absolute atomic E-state index is 13.1. The highest BCUT2D eigenvalue weighted by Crippen LogP contribution is 2.16. The zero-order valence-corrected chi connectivity index (χ0v) is 18.3. The van der Waals surface area contributed by atoms with Gasteiger partial charge in [-0.25, -0.2) is 0 Å². The van der Waals surface area contributed by atoms with Crippen molar-refractivity contribution in [3.8, 4) is 0 Å². The van der Waals surface area contributed by atoms with Crippen molar-refractivity contribution in [2.75, 3.05) is 6.54 Å². The smallest absolute Gasteiger partial charge is 0.242 e. The third kappa shape index (κ3) is 7.54. The monoisotopic (exact) mass is 414 g/mol. The van der Waals surface area contributed by atoms with Gasteiger partial charge in [-0.15, -0.1) is 0 Å². The van der Waals surface area contributed by atoms with Gasteiger partial charge in [-0.2, -0.15) is 0 Å². The van der Waals surface area contributed by atoms with Crippen LogP contribution in [0.1, 0.15) is 49.8 Å². The number of hydrogen-bond acceptors (Lipinski definition) is 2. The predicted molar refractivity (Wildman–Crippen MR) is 119 cm³/mol. The number of halogens is 1. The molecule has 0 radical (unpaired) electrons. The van der Waals surface area contributed by atoms with E-state index in [-0.39, 0.29) is 11.8 Å². The minimum absolute atomic E-state index is 0.0382. The second-order valence-electron chi connectivity index (χ2n) is 7.46. The molecule has 0 saturated heterocycles. The van der Waals surface area contributed by atoms with Gasteiger partial charge in [-0.1, -0.05) is 66.9 Å². The largest absolute Gasteiger partial charge is 0.354 e. The van der Waals surface area contributed by atoms with E-state index < -0.39 is 6.04 Å². The highest BCUT2D eigenvalue weighted by Gasteiger charge is 2.25. The molecule has 0 unspecified atom stereocenters. The summed E-state index contributed by atoms with van der Waals surface area (Å²) in [5.41, 5.74) is 3.22. The van der Waals surface area contributed by atoms with Crippen molar-refractivity contribution in [2.24, 2.45) is 0 Å². The zero-order valence-electron chi connectivity index (χ0n) is 17.6. The number of carbonyl (C=O) groups excluding carboxylic acids is 2. The molecule has 0 aliphatic heterocycles. The van der Waals surface area contributed by atoms with Gasteiger partial charge in [0.1, 0.15) is 6.04 Å². The Hall–Kier alpha value is -2.33. The van der Waals surface area contributed by atoms with Crippen LogP contribution in [0.5, 0.6) is 0 Å². The molecule has 0 heterocycles. The van der Waals surface area contributed by atoms with E-state index >= 15 is 0 Å². The lowest BCUT2D eigenvalue weighted by atomic mass is 10.1. The molecule has 2 amide bonds. The Morgan fingerprint density at radius 3 is 2.48 bits per heavy atom. The molecule has 0 bridgehead atoms. The molecular weight excluding hydrogens is 384 g/mol. The van der Waals surface area contributed by atoms with Gasteiger partial charge in [0.2, 0.25) is 11.8 Å². The average Bonchev–Trinajstić information content (AvgIpc) is 2.71. The van der Waals surface area contributed by atoms with E-state index in [4.69, 9.17) is 11.6 Å². The summed E-state index contributed by atoms with van der Waals surface area (Å²) in [5.74, 6) is -0.159. The first-order valence-corrected chi connectivity index (χ1v) is 10.7. The lowest BCUT2D eigenvalue weighted by Crippen LogP contribution is -2.47. The molecule has 0 aromatic heterocycles. The van der Waals surface area contributed by atoms with E-state index in [1.54, 1.807) is 17.9 Å². The number of amides is 2. The molecule has 156 valence electrons. The maximum Gasteiger partial charge on any atom is 0.242 e. The number of hydrogen-bond donors (Lipinski definition) is 1. The van der Waals surface area contributed by atoms with Crippen LogP contribution in [0.25, 0.3) is 0 Å². The summed E-state index contributed by atoms with van der Waals surface area (Å²) < 4.78 is 0. The maximum atomic E-state index is 13.1. The minimum atomic E-state index is -0.545. The number of carbonyl (C=O) groups is 2. The highest BCUT2D eigenvalue weighted by atomic mass is 35.5. The van der Waals surface area contributed by atoms with E-state index in [1.807, 2.05) is 49.4 Å². The van der Waals surface area contributed by atoms with E-state index in [2.05, 4.69) is 12.2 Å². The third-order valence-corrected chi connectivity index (χ3v) is 5.22. The summed E-state index contributed by atoms with van der Waals surface area (Å²) in [4.78, 5) is 27.3. The topological polar surface area (TPSA) is 49.4 Å². The quantitative estimate of drug-likeness (QED) is 0.561. The highest BCUT2D eigenvalue weighted by molar-refractivity contribution is 6.30. The molecule has 0 aliphatic carbocycles. The van der Waals surface area contributed by atoms with Gasteiger partial charge in [0.05, 0.1) is 0 Å². The predicted octanol–water partition coefficient (Wildman–Crippen LogP) is 4.91. The van der Waals surface area contributed by atoms with Crippen LogP contribution >= 0.6 is 11.6 Å². The summed E-state index contributed by atoms with van der Waals surface area (Å²) in [6.45, 7) is 6.89. The Morgan fingerprint density at radius 1 is 1.10 bits per heavy atom. The van der Waals surface area contributed by atoms with Crippen molar-refractivity contribution in [1.29, 1.82) is 0 Å².